The summed E-state index contributed by atoms with van der Waals surface area (Å²) in [6, 6.07) is 15.4. The van der Waals surface area contributed by atoms with Crippen molar-refractivity contribution in [2.45, 2.75) is 30.9 Å². The molecule has 3 N–H and O–H groups in total. The van der Waals surface area contributed by atoms with Crippen molar-refractivity contribution in [3.8, 4) is 0 Å². The molecule has 23 heavy (non-hydrogen) atoms. The highest BCUT2D eigenvalue weighted by molar-refractivity contribution is 7.89. The lowest BCUT2D eigenvalue weighted by Gasteiger charge is -2.24. The molecule has 5 nitrogen and oxygen atoms in total. The van der Waals surface area contributed by atoms with E-state index in [0.717, 1.165) is 5.56 Å². The molecule has 0 aliphatic heterocycles. The Labute approximate surface area is 137 Å². The fraction of sp³-hybridized carbons (Fsp3) is 0.294. The van der Waals surface area contributed by atoms with E-state index >= 15 is 0 Å². The Hall–Kier alpha value is -1.89. The number of nitrogen functional groups attached to an aromatic ring is 1. The van der Waals surface area contributed by atoms with E-state index in [2.05, 4.69) is 0 Å². The maximum absolute atomic E-state index is 12.9. The van der Waals surface area contributed by atoms with E-state index in [4.69, 9.17) is 5.73 Å². The zero-order chi connectivity index (χ0) is 16.9. The molecule has 0 aliphatic rings. The van der Waals surface area contributed by atoms with Crippen LogP contribution in [-0.2, 0) is 16.6 Å². The lowest BCUT2D eigenvalue weighted by Crippen LogP contribution is -2.36. The second-order valence-electron chi connectivity index (χ2n) is 5.41. The van der Waals surface area contributed by atoms with Crippen molar-refractivity contribution in [1.82, 2.24) is 4.31 Å². The zero-order valence-electron chi connectivity index (χ0n) is 13.1. The maximum atomic E-state index is 12.9. The van der Waals surface area contributed by atoms with E-state index in [1.165, 1.54) is 16.4 Å². The van der Waals surface area contributed by atoms with Crippen LogP contribution in [0.4, 0.5) is 5.69 Å². The van der Waals surface area contributed by atoms with Crippen LogP contribution < -0.4 is 5.73 Å². The predicted octanol–water partition coefficient (Wildman–Crippen LogP) is 2.23. The molecule has 0 saturated carbocycles. The van der Waals surface area contributed by atoms with E-state index in [-0.39, 0.29) is 18.0 Å². The average Bonchev–Trinajstić information content (AvgIpc) is 2.55. The van der Waals surface area contributed by atoms with Gasteiger partial charge < -0.3 is 10.8 Å². The summed E-state index contributed by atoms with van der Waals surface area (Å²) in [6.07, 6.45) is -0.218. The Bertz CT molecular complexity index is 715. The van der Waals surface area contributed by atoms with Crippen LogP contribution in [0.15, 0.2) is 59.5 Å². The van der Waals surface area contributed by atoms with Crippen LogP contribution in [0.5, 0.6) is 0 Å². The fourth-order valence-electron chi connectivity index (χ4n) is 2.19. The lowest BCUT2D eigenvalue weighted by atomic mass is 10.2. The first kappa shape index (κ1) is 17.5. The lowest BCUT2D eigenvalue weighted by molar-refractivity contribution is 0.140. The summed E-state index contributed by atoms with van der Waals surface area (Å²) in [5.74, 6) is 0. The summed E-state index contributed by atoms with van der Waals surface area (Å²) in [5.41, 5.74) is 7.00. The minimum atomic E-state index is -3.70. The summed E-state index contributed by atoms with van der Waals surface area (Å²) in [5, 5.41) is 9.93. The quantitative estimate of drug-likeness (QED) is 0.761. The van der Waals surface area contributed by atoms with Crippen molar-refractivity contribution in [2.75, 3.05) is 12.3 Å². The van der Waals surface area contributed by atoms with Crippen molar-refractivity contribution in [3.63, 3.8) is 0 Å². The molecular formula is C17H22N2O3S. The van der Waals surface area contributed by atoms with Crippen LogP contribution in [0.3, 0.4) is 0 Å². The normalized spacial score (nSPS) is 13.2. The topological polar surface area (TPSA) is 83.6 Å². The molecule has 2 aromatic rings. The molecule has 0 amide bonds. The standard InChI is InChI=1S/C17H22N2O3S/c1-2-16(20)13-19(12-14-6-4-3-5-7-14)23(21,22)17-10-8-15(18)9-11-17/h3-11,16,20H,2,12-13,18H2,1H3/t16-/m1/s1. The van der Waals surface area contributed by atoms with E-state index in [1.807, 2.05) is 37.3 Å². The monoisotopic (exact) mass is 334 g/mol. The molecule has 124 valence electrons. The van der Waals surface area contributed by atoms with Gasteiger partial charge in [-0.1, -0.05) is 37.3 Å². The van der Waals surface area contributed by atoms with Crippen LogP contribution in [0.25, 0.3) is 0 Å². The number of sulfonamides is 1. The molecule has 0 saturated heterocycles. The first-order valence-corrected chi connectivity index (χ1v) is 8.95. The second-order valence-corrected chi connectivity index (χ2v) is 7.35. The summed E-state index contributed by atoms with van der Waals surface area (Å²) < 4.78 is 27.1. The van der Waals surface area contributed by atoms with E-state index in [9.17, 15) is 13.5 Å². The molecule has 2 aromatic carbocycles. The van der Waals surface area contributed by atoms with Gasteiger partial charge in [0.1, 0.15) is 0 Å². The van der Waals surface area contributed by atoms with Gasteiger partial charge in [0, 0.05) is 18.8 Å². The number of hydrogen-bond donors (Lipinski definition) is 2. The van der Waals surface area contributed by atoms with Crippen molar-refractivity contribution in [3.05, 3.63) is 60.2 Å². The Balaban J connectivity index is 2.33. The molecule has 0 spiro atoms. The molecule has 0 radical (unpaired) electrons. The number of aliphatic hydroxyl groups is 1. The fourth-order valence-corrected chi connectivity index (χ4v) is 3.65. The summed E-state index contributed by atoms with van der Waals surface area (Å²) >= 11 is 0. The van der Waals surface area contributed by atoms with E-state index < -0.39 is 16.1 Å². The smallest absolute Gasteiger partial charge is 0.243 e. The summed E-state index contributed by atoms with van der Waals surface area (Å²) in [6.45, 7) is 2.09. The third-order valence-electron chi connectivity index (χ3n) is 3.61. The number of anilines is 1. The highest BCUT2D eigenvalue weighted by Crippen LogP contribution is 2.20. The first-order valence-electron chi connectivity index (χ1n) is 7.51. The molecule has 6 heteroatoms. The molecule has 0 bridgehead atoms. The van der Waals surface area contributed by atoms with Gasteiger partial charge in [0.2, 0.25) is 10.0 Å². The largest absolute Gasteiger partial charge is 0.399 e. The Morgan fingerprint density at radius 1 is 1.09 bits per heavy atom. The van der Waals surface area contributed by atoms with Gasteiger partial charge in [0.25, 0.3) is 0 Å². The average molecular weight is 334 g/mol. The zero-order valence-corrected chi connectivity index (χ0v) is 13.9. The van der Waals surface area contributed by atoms with Crippen LogP contribution in [0.2, 0.25) is 0 Å². The minimum absolute atomic E-state index is 0.0537. The van der Waals surface area contributed by atoms with Crippen molar-refractivity contribution in [2.24, 2.45) is 0 Å². The van der Waals surface area contributed by atoms with E-state index in [0.29, 0.717) is 12.1 Å². The third kappa shape index (κ3) is 4.54. The van der Waals surface area contributed by atoms with Crippen LogP contribution in [0, 0.1) is 0 Å². The van der Waals surface area contributed by atoms with Gasteiger partial charge in [-0.25, -0.2) is 8.42 Å². The number of nitrogens with two attached hydrogens (primary N) is 1. The molecular weight excluding hydrogens is 312 g/mol. The van der Waals surface area contributed by atoms with Gasteiger partial charge >= 0.3 is 0 Å². The molecule has 0 heterocycles. The first-order chi connectivity index (χ1) is 10.9. The van der Waals surface area contributed by atoms with E-state index in [1.54, 1.807) is 12.1 Å². The predicted molar refractivity (Wildman–Crippen MR) is 91.2 cm³/mol. The van der Waals surface area contributed by atoms with Gasteiger partial charge in [-0.3, -0.25) is 0 Å². The van der Waals surface area contributed by atoms with Crippen LogP contribution in [0.1, 0.15) is 18.9 Å². The molecule has 0 unspecified atom stereocenters. The van der Waals surface area contributed by atoms with Gasteiger partial charge in [-0.05, 0) is 36.2 Å². The Morgan fingerprint density at radius 2 is 1.70 bits per heavy atom. The van der Waals surface area contributed by atoms with Gasteiger partial charge in [-0.15, -0.1) is 0 Å². The molecule has 0 fully saturated rings. The summed E-state index contributed by atoms with van der Waals surface area (Å²) in [7, 11) is -3.70. The van der Waals surface area contributed by atoms with Crippen molar-refractivity contribution in [1.29, 1.82) is 0 Å². The van der Waals surface area contributed by atoms with Gasteiger partial charge in [-0.2, -0.15) is 4.31 Å². The number of rotatable bonds is 7. The number of aliphatic hydroxyl groups excluding tert-OH is 1. The summed E-state index contributed by atoms with van der Waals surface area (Å²) in [4.78, 5) is 0.172. The number of hydrogen-bond acceptors (Lipinski definition) is 4. The number of benzene rings is 2. The third-order valence-corrected chi connectivity index (χ3v) is 5.43. The highest BCUT2D eigenvalue weighted by Gasteiger charge is 2.26. The number of nitrogens with zero attached hydrogens (tertiary/aromatic N) is 1. The van der Waals surface area contributed by atoms with Gasteiger partial charge in [0.05, 0.1) is 11.0 Å². The van der Waals surface area contributed by atoms with Crippen molar-refractivity contribution < 1.29 is 13.5 Å². The Morgan fingerprint density at radius 3 is 2.26 bits per heavy atom. The van der Waals surface area contributed by atoms with Gasteiger partial charge in [0.15, 0.2) is 0 Å². The maximum Gasteiger partial charge on any atom is 0.243 e. The Kier molecular flexibility index (Phi) is 5.76. The second kappa shape index (κ2) is 7.59. The highest BCUT2D eigenvalue weighted by atomic mass is 32.2. The minimum Gasteiger partial charge on any atom is -0.399 e. The molecule has 1 atom stereocenters. The van der Waals surface area contributed by atoms with Crippen LogP contribution >= 0.6 is 0 Å². The van der Waals surface area contributed by atoms with Crippen LogP contribution in [-0.4, -0.2) is 30.5 Å². The molecule has 0 aliphatic carbocycles. The SMILES string of the molecule is CC[C@@H](O)CN(Cc1ccccc1)S(=O)(=O)c1ccc(N)cc1. The van der Waals surface area contributed by atoms with Crippen molar-refractivity contribution >= 4 is 15.7 Å². The molecule has 2 rings (SSSR count). The molecule has 0 aromatic heterocycles.